The van der Waals surface area contributed by atoms with Gasteiger partial charge >= 0.3 is 0 Å². The fourth-order valence-corrected chi connectivity index (χ4v) is 1.11. The second-order valence-corrected chi connectivity index (χ2v) is 3.24. The van der Waals surface area contributed by atoms with Gasteiger partial charge in [-0.3, -0.25) is 14.9 Å². The highest BCUT2D eigenvalue weighted by Gasteiger charge is 2.22. The van der Waals surface area contributed by atoms with Crippen LogP contribution in [0.25, 0.3) is 0 Å². The minimum atomic E-state index is -2.76. The van der Waals surface area contributed by atoms with Crippen molar-refractivity contribution >= 4 is 5.91 Å². The van der Waals surface area contributed by atoms with Gasteiger partial charge in [-0.2, -0.15) is 5.10 Å². The van der Waals surface area contributed by atoms with Gasteiger partial charge in [0.05, 0.1) is 5.56 Å². The summed E-state index contributed by atoms with van der Waals surface area (Å²) in [7, 11) is 4.67. The smallest absolute Gasteiger partial charge is 0.282 e. The molecule has 0 saturated carbocycles. The molecule has 0 spiro atoms. The van der Waals surface area contributed by atoms with E-state index in [1.807, 2.05) is 0 Å². The predicted molar refractivity (Wildman–Crippen MR) is 49.3 cm³/mol. The Morgan fingerprint density at radius 3 is 2.67 bits per heavy atom. The highest BCUT2D eigenvalue weighted by Crippen LogP contribution is 2.20. The van der Waals surface area contributed by atoms with E-state index in [1.54, 1.807) is 14.1 Å². The molecule has 15 heavy (non-hydrogen) atoms. The lowest BCUT2D eigenvalue weighted by molar-refractivity contribution is 0.0843. The van der Waals surface area contributed by atoms with Crippen molar-refractivity contribution in [1.82, 2.24) is 20.2 Å². The molecule has 84 valence electrons. The average Bonchev–Trinajstić information content (AvgIpc) is 2.46. The minimum absolute atomic E-state index is 0.110. The van der Waals surface area contributed by atoms with Gasteiger partial charge in [0.2, 0.25) is 0 Å². The van der Waals surface area contributed by atoms with Crippen LogP contribution in [0.1, 0.15) is 22.5 Å². The van der Waals surface area contributed by atoms with Gasteiger partial charge < -0.3 is 0 Å². The lowest BCUT2D eigenvalue weighted by Gasteiger charge is -2.11. The first-order chi connectivity index (χ1) is 6.91. The number of rotatable bonds is 3. The number of hydrazine groups is 1. The van der Waals surface area contributed by atoms with E-state index < -0.39 is 18.0 Å². The molecule has 0 bridgehead atoms. The molecular formula is C8H12F2N4O. The number of carbonyl (C=O) groups excluding carboxylic acids is 1. The average molecular weight is 218 g/mol. The number of amides is 1. The van der Waals surface area contributed by atoms with E-state index >= 15 is 0 Å². The molecule has 1 amide bonds. The summed E-state index contributed by atoms with van der Waals surface area (Å²) < 4.78 is 26.1. The topological polar surface area (TPSA) is 50.2 Å². The van der Waals surface area contributed by atoms with Crippen molar-refractivity contribution in [2.24, 2.45) is 7.05 Å². The fourth-order valence-electron chi connectivity index (χ4n) is 1.11. The summed E-state index contributed by atoms with van der Waals surface area (Å²) in [6.07, 6.45) is -1.49. The van der Waals surface area contributed by atoms with Gasteiger partial charge in [-0.05, 0) is 0 Å². The SMILES string of the molecule is CN(C)NC(=O)c1cn(C)nc1C(F)F. The summed E-state index contributed by atoms with van der Waals surface area (Å²) in [6, 6.07) is 0. The van der Waals surface area contributed by atoms with Crippen molar-refractivity contribution < 1.29 is 13.6 Å². The predicted octanol–water partition coefficient (Wildman–Crippen LogP) is 0.564. The van der Waals surface area contributed by atoms with Crippen LogP contribution >= 0.6 is 0 Å². The third-order valence-corrected chi connectivity index (χ3v) is 1.63. The number of carbonyl (C=O) groups is 1. The molecule has 0 fully saturated rings. The zero-order chi connectivity index (χ0) is 11.6. The Morgan fingerprint density at radius 1 is 1.60 bits per heavy atom. The van der Waals surface area contributed by atoms with E-state index in [1.165, 1.54) is 22.9 Å². The van der Waals surface area contributed by atoms with Crippen molar-refractivity contribution in [1.29, 1.82) is 0 Å². The maximum Gasteiger partial charge on any atom is 0.282 e. The Balaban J connectivity index is 2.97. The summed E-state index contributed by atoms with van der Waals surface area (Å²) in [5.41, 5.74) is 1.76. The summed E-state index contributed by atoms with van der Waals surface area (Å²) in [4.78, 5) is 11.5. The second kappa shape index (κ2) is 4.35. The van der Waals surface area contributed by atoms with E-state index in [0.29, 0.717) is 0 Å². The normalized spacial score (nSPS) is 11.1. The fraction of sp³-hybridized carbons (Fsp3) is 0.500. The molecule has 0 aliphatic rings. The molecule has 0 aliphatic heterocycles. The monoisotopic (exact) mass is 218 g/mol. The first-order valence-electron chi connectivity index (χ1n) is 4.21. The molecule has 7 heteroatoms. The van der Waals surface area contributed by atoms with Gasteiger partial charge in [0.25, 0.3) is 12.3 Å². The summed E-state index contributed by atoms with van der Waals surface area (Å²) in [6.45, 7) is 0. The highest BCUT2D eigenvalue weighted by atomic mass is 19.3. The third kappa shape index (κ3) is 2.72. The van der Waals surface area contributed by atoms with Gasteiger partial charge in [-0.15, -0.1) is 0 Å². The van der Waals surface area contributed by atoms with E-state index in [4.69, 9.17) is 0 Å². The molecule has 0 saturated heterocycles. The van der Waals surface area contributed by atoms with Gasteiger partial charge in [-0.1, -0.05) is 0 Å². The molecule has 0 aliphatic carbocycles. The molecule has 1 aromatic rings. The molecule has 5 nitrogen and oxygen atoms in total. The van der Waals surface area contributed by atoms with Crippen LogP contribution in [0.15, 0.2) is 6.20 Å². The zero-order valence-corrected chi connectivity index (χ0v) is 8.66. The number of hydrogen-bond acceptors (Lipinski definition) is 3. The van der Waals surface area contributed by atoms with Crippen molar-refractivity contribution in [3.05, 3.63) is 17.5 Å². The maximum atomic E-state index is 12.5. The van der Waals surface area contributed by atoms with Crippen LogP contribution in [0.2, 0.25) is 0 Å². The number of halogens is 2. The summed E-state index contributed by atoms with van der Waals surface area (Å²) in [5.74, 6) is -0.594. The Hall–Kier alpha value is -1.50. The Bertz CT molecular complexity index is 362. The third-order valence-electron chi connectivity index (χ3n) is 1.63. The molecule has 0 radical (unpaired) electrons. The van der Waals surface area contributed by atoms with Crippen molar-refractivity contribution in [2.45, 2.75) is 6.43 Å². The highest BCUT2D eigenvalue weighted by molar-refractivity contribution is 5.94. The van der Waals surface area contributed by atoms with Crippen LogP contribution in [0, 0.1) is 0 Å². The molecule has 1 N–H and O–H groups in total. The first kappa shape index (κ1) is 11.6. The van der Waals surface area contributed by atoms with E-state index in [0.717, 1.165) is 0 Å². The quantitative estimate of drug-likeness (QED) is 0.754. The Morgan fingerprint density at radius 2 is 2.20 bits per heavy atom. The Kier molecular flexibility index (Phi) is 3.35. The van der Waals surface area contributed by atoms with Gasteiger partial charge in [-0.25, -0.2) is 13.8 Å². The summed E-state index contributed by atoms with van der Waals surface area (Å²) in [5, 5.41) is 4.91. The molecular weight excluding hydrogens is 206 g/mol. The van der Waals surface area contributed by atoms with Gasteiger partial charge in [0.15, 0.2) is 0 Å². The molecule has 0 atom stereocenters. The lowest BCUT2D eigenvalue weighted by Crippen LogP contribution is -2.36. The number of nitrogens with zero attached hydrogens (tertiary/aromatic N) is 3. The van der Waals surface area contributed by atoms with Gasteiger partial charge in [0.1, 0.15) is 5.69 Å². The second-order valence-electron chi connectivity index (χ2n) is 3.24. The number of aryl methyl sites for hydroxylation is 1. The molecule has 0 unspecified atom stereocenters. The number of aromatic nitrogens is 2. The molecule has 1 heterocycles. The number of hydrogen-bond donors (Lipinski definition) is 1. The van der Waals surface area contributed by atoms with Crippen LogP contribution in [0.3, 0.4) is 0 Å². The largest absolute Gasteiger partial charge is 0.285 e. The molecule has 1 aromatic heterocycles. The number of alkyl halides is 2. The van der Waals surface area contributed by atoms with Crippen LogP contribution in [0.4, 0.5) is 8.78 Å². The Labute approximate surface area is 85.6 Å². The van der Waals surface area contributed by atoms with E-state index in [9.17, 15) is 13.6 Å². The van der Waals surface area contributed by atoms with Crippen molar-refractivity contribution in [2.75, 3.05) is 14.1 Å². The molecule has 0 aromatic carbocycles. The molecule has 1 rings (SSSR count). The van der Waals surface area contributed by atoms with E-state index in [-0.39, 0.29) is 5.56 Å². The van der Waals surface area contributed by atoms with Crippen molar-refractivity contribution in [3.8, 4) is 0 Å². The van der Waals surface area contributed by atoms with Crippen LogP contribution in [-0.4, -0.2) is 34.8 Å². The lowest BCUT2D eigenvalue weighted by atomic mass is 10.2. The minimum Gasteiger partial charge on any atom is -0.285 e. The zero-order valence-electron chi connectivity index (χ0n) is 8.66. The maximum absolute atomic E-state index is 12.5. The van der Waals surface area contributed by atoms with Crippen LogP contribution in [-0.2, 0) is 7.05 Å². The van der Waals surface area contributed by atoms with Crippen LogP contribution in [0.5, 0.6) is 0 Å². The van der Waals surface area contributed by atoms with Crippen LogP contribution < -0.4 is 5.43 Å². The first-order valence-corrected chi connectivity index (χ1v) is 4.21. The van der Waals surface area contributed by atoms with E-state index in [2.05, 4.69) is 10.5 Å². The number of nitrogens with one attached hydrogen (secondary N) is 1. The summed E-state index contributed by atoms with van der Waals surface area (Å²) >= 11 is 0. The standard InChI is InChI=1S/C8H12F2N4O/c1-13(2)12-8(15)5-4-14(3)11-6(5)7(9)10/h4,7H,1-3H3,(H,12,15). The van der Waals surface area contributed by atoms with Gasteiger partial charge in [0, 0.05) is 27.3 Å². The van der Waals surface area contributed by atoms with Crippen molar-refractivity contribution in [3.63, 3.8) is 0 Å².